The fourth-order valence-electron chi connectivity index (χ4n) is 1.74. The van der Waals surface area contributed by atoms with E-state index in [4.69, 9.17) is 15.4 Å². The largest absolute Gasteiger partial charge is 0.303 e. The standard InChI is InChI=1S/C7H14B2NP/c1-10-4-6(3-8)2-7(10)5-11-9/h6-7,11H,2-5H2,1H3. The normalized spacial score (nSPS) is 33.9. The van der Waals surface area contributed by atoms with Crippen LogP contribution in [0.25, 0.3) is 0 Å². The molecule has 0 aliphatic carbocycles. The van der Waals surface area contributed by atoms with Crippen LogP contribution in [-0.2, 0) is 0 Å². The second-order valence-electron chi connectivity index (χ2n) is 3.34. The highest BCUT2D eigenvalue weighted by Gasteiger charge is 2.26. The molecule has 0 aromatic heterocycles. The summed E-state index contributed by atoms with van der Waals surface area (Å²) in [6, 6.07) is 0.701. The van der Waals surface area contributed by atoms with Crippen molar-refractivity contribution >= 4 is 23.9 Å². The van der Waals surface area contributed by atoms with Crippen molar-refractivity contribution in [2.45, 2.75) is 18.8 Å². The van der Waals surface area contributed by atoms with Crippen molar-refractivity contribution in [3.8, 4) is 0 Å². The van der Waals surface area contributed by atoms with Crippen LogP contribution in [0.15, 0.2) is 0 Å². The molecule has 4 radical (unpaired) electrons. The van der Waals surface area contributed by atoms with Crippen molar-refractivity contribution in [1.82, 2.24) is 4.90 Å². The molecule has 0 N–H and O–H groups in total. The molecule has 1 aliphatic heterocycles. The Hall–Kier alpha value is 0.520. The highest BCUT2D eigenvalue weighted by atomic mass is 31.1. The van der Waals surface area contributed by atoms with Gasteiger partial charge in [-0.2, -0.15) is 8.46 Å². The minimum atomic E-state index is 0.586. The first-order valence-corrected chi connectivity index (χ1v) is 5.40. The molecule has 3 unspecified atom stereocenters. The third-order valence-electron chi connectivity index (χ3n) is 2.46. The lowest BCUT2D eigenvalue weighted by Gasteiger charge is -2.17. The van der Waals surface area contributed by atoms with Crippen LogP contribution >= 0.6 is 8.46 Å². The van der Waals surface area contributed by atoms with Gasteiger partial charge in [0.1, 0.15) is 7.57 Å². The molecule has 0 bridgehead atoms. The first kappa shape index (κ1) is 9.61. The van der Waals surface area contributed by atoms with Gasteiger partial charge in [-0.3, -0.25) is 0 Å². The quantitative estimate of drug-likeness (QED) is 0.438. The van der Waals surface area contributed by atoms with Crippen molar-refractivity contribution in [3.05, 3.63) is 0 Å². The molecule has 0 spiro atoms. The molecule has 1 aliphatic rings. The van der Waals surface area contributed by atoms with Gasteiger partial charge in [0.05, 0.1) is 7.85 Å². The molecule has 1 nitrogen and oxygen atoms in total. The van der Waals surface area contributed by atoms with Gasteiger partial charge in [0, 0.05) is 12.6 Å². The van der Waals surface area contributed by atoms with E-state index in [1.165, 1.54) is 6.42 Å². The molecule has 4 heteroatoms. The second kappa shape index (κ2) is 4.52. The SMILES string of the molecule is [B]CC1CC(CP[B])N(C)C1. The molecule has 1 rings (SSSR count). The molecule has 1 fully saturated rings. The van der Waals surface area contributed by atoms with E-state index in [2.05, 4.69) is 11.9 Å². The summed E-state index contributed by atoms with van der Waals surface area (Å²) in [5, 5.41) is 0. The van der Waals surface area contributed by atoms with E-state index < -0.39 is 0 Å². The summed E-state index contributed by atoms with van der Waals surface area (Å²) >= 11 is 0. The van der Waals surface area contributed by atoms with Crippen molar-refractivity contribution in [3.63, 3.8) is 0 Å². The predicted octanol–water partition coefficient (Wildman–Crippen LogP) is 0.655. The lowest BCUT2D eigenvalue weighted by atomic mass is 9.90. The molecule has 0 aromatic rings. The average Bonchev–Trinajstić information content (AvgIpc) is 2.33. The zero-order chi connectivity index (χ0) is 8.27. The maximum Gasteiger partial charge on any atom is 0.104 e. The zero-order valence-corrected chi connectivity index (χ0v) is 8.09. The lowest BCUT2D eigenvalue weighted by Crippen LogP contribution is -2.26. The van der Waals surface area contributed by atoms with Crippen LogP contribution < -0.4 is 0 Å². The summed E-state index contributed by atoms with van der Waals surface area (Å²) in [4.78, 5) is 2.39. The Morgan fingerprint density at radius 1 is 1.64 bits per heavy atom. The van der Waals surface area contributed by atoms with E-state index in [0.29, 0.717) is 20.4 Å². The monoisotopic (exact) mass is 165 g/mol. The summed E-state index contributed by atoms with van der Waals surface area (Å²) in [6.07, 6.45) is 3.22. The highest BCUT2D eigenvalue weighted by molar-refractivity contribution is 7.66. The van der Waals surface area contributed by atoms with Crippen molar-refractivity contribution in [2.75, 3.05) is 19.8 Å². The van der Waals surface area contributed by atoms with Crippen molar-refractivity contribution in [2.24, 2.45) is 5.92 Å². The van der Waals surface area contributed by atoms with Crippen LogP contribution in [0.1, 0.15) is 6.42 Å². The fourth-order valence-corrected chi connectivity index (χ4v) is 2.49. The molecule has 58 valence electrons. The Morgan fingerprint density at radius 2 is 2.36 bits per heavy atom. The van der Waals surface area contributed by atoms with Gasteiger partial charge in [-0.1, -0.05) is 6.32 Å². The van der Waals surface area contributed by atoms with Gasteiger partial charge in [0.15, 0.2) is 0 Å². The third kappa shape index (κ3) is 2.49. The Bertz CT molecular complexity index is 123. The van der Waals surface area contributed by atoms with Crippen molar-refractivity contribution < 1.29 is 0 Å². The van der Waals surface area contributed by atoms with E-state index in [9.17, 15) is 0 Å². The minimum Gasteiger partial charge on any atom is -0.303 e. The Morgan fingerprint density at radius 3 is 2.82 bits per heavy atom. The smallest absolute Gasteiger partial charge is 0.104 e. The summed E-state index contributed by atoms with van der Waals surface area (Å²) in [6.45, 7) is 1.16. The van der Waals surface area contributed by atoms with Gasteiger partial charge in [-0.15, -0.1) is 0 Å². The predicted molar refractivity (Wildman–Crippen MR) is 54.0 cm³/mol. The van der Waals surface area contributed by atoms with Gasteiger partial charge in [-0.25, -0.2) is 0 Å². The number of hydrogen-bond donors (Lipinski definition) is 0. The molecule has 11 heavy (non-hydrogen) atoms. The van der Waals surface area contributed by atoms with E-state index in [0.717, 1.165) is 19.0 Å². The Balaban J connectivity index is 2.32. The van der Waals surface area contributed by atoms with E-state index in [1.54, 1.807) is 0 Å². The van der Waals surface area contributed by atoms with Crippen LogP contribution in [-0.4, -0.2) is 46.1 Å². The van der Waals surface area contributed by atoms with Crippen LogP contribution in [0.4, 0.5) is 0 Å². The molecule has 1 heterocycles. The summed E-state index contributed by atoms with van der Waals surface area (Å²) in [7, 11) is 13.9. The van der Waals surface area contributed by atoms with Crippen LogP contribution in [0, 0.1) is 5.92 Å². The molecule has 1 saturated heterocycles. The fraction of sp³-hybridized carbons (Fsp3) is 1.00. The Kier molecular flexibility index (Phi) is 3.95. The van der Waals surface area contributed by atoms with Crippen molar-refractivity contribution in [1.29, 1.82) is 0 Å². The molecule has 0 saturated carbocycles. The number of hydrogen-bond acceptors (Lipinski definition) is 1. The Labute approximate surface area is 73.9 Å². The second-order valence-corrected chi connectivity index (χ2v) is 4.16. The van der Waals surface area contributed by atoms with Gasteiger partial charge < -0.3 is 4.90 Å². The topological polar surface area (TPSA) is 3.24 Å². The van der Waals surface area contributed by atoms with E-state index in [-0.39, 0.29) is 0 Å². The maximum atomic E-state index is 5.60. The van der Waals surface area contributed by atoms with Crippen LogP contribution in [0.5, 0.6) is 0 Å². The zero-order valence-electron chi connectivity index (χ0n) is 7.09. The van der Waals surface area contributed by atoms with E-state index >= 15 is 0 Å². The van der Waals surface area contributed by atoms with Crippen LogP contribution in [0.3, 0.4) is 0 Å². The molecular formula is C7H14B2NP. The third-order valence-corrected chi connectivity index (χ3v) is 3.17. The minimum absolute atomic E-state index is 0.586. The summed E-state index contributed by atoms with van der Waals surface area (Å²) in [5.41, 5.74) is 0. The summed E-state index contributed by atoms with van der Waals surface area (Å²) in [5.74, 6) is 0.710. The van der Waals surface area contributed by atoms with Gasteiger partial charge in [-0.05, 0) is 25.5 Å². The average molecular weight is 165 g/mol. The summed E-state index contributed by atoms with van der Waals surface area (Å²) < 4.78 is 0. The number of likely N-dealkylation sites (tertiary alicyclic amines) is 1. The van der Waals surface area contributed by atoms with E-state index in [1.807, 2.05) is 0 Å². The van der Waals surface area contributed by atoms with Gasteiger partial charge in [0.25, 0.3) is 0 Å². The van der Waals surface area contributed by atoms with Gasteiger partial charge in [0.2, 0.25) is 0 Å². The molecule has 3 atom stereocenters. The molecule has 0 aromatic carbocycles. The maximum absolute atomic E-state index is 5.60. The first-order valence-electron chi connectivity index (χ1n) is 4.11. The molecular weight excluding hydrogens is 151 g/mol. The highest BCUT2D eigenvalue weighted by Crippen LogP contribution is 2.26. The molecule has 0 amide bonds. The van der Waals surface area contributed by atoms with Crippen LogP contribution in [0.2, 0.25) is 6.32 Å². The number of nitrogens with zero attached hydrogens (tertiary/aromatic N) is 1. The number of rotatable bonds is 3. The van der Waals surface area contributed by atoms with Gasteiger partial charge >= 0.3 is 0 Å². The lowest BCUT2D eigenvalue weighted by molar-refractivity contribution is 0.330. The first-order chi connectivity index (χ1) is 5.27.